The summed E-state index contributed by atoms with van der Waals surface area (Å²) in [6.45, 7) is 1.17. The lowest BCUT2D eigenvalue weighted by atomic mass is 9.74. The molecule has 5 rings (SSSR count). The van der Waals surface area contributed by atoms with Crippen LogP contribution in [0.1, 0.15) is 24.8 Å². The van der Waals surface area contributed by atoms with E-state index in [1.54, 1.807) is 18.8 Å². The van der Waals surface area contributed by atoms with Crippen molar-refractivity contribution in [3.8, 4) is 16.9 Å². The fourth-order valence-electron chi connectivity index (χ4n) is 4.79. The van der Waals surface area contributed by atoms with Gasteiger partial charge in [0.25, 0.3) is 5.91 Å². The van der Waals surface area contributed by atoms with Crippen molar-refractivity contribution in [3.63, 3.8) is 0 Å². The summed E-state index contributed by atoms with van der Waals surface area (Å²) in [6, 6.07) is 14.4. The topological polar surface area (TPSA) is 77.2 Å². The van der Waals surface area contributed by atoms with Gasteiger partial charge in [-0.15, -0.1) is 11.8 Å². The number of likely N-dealkylation sites (N-methyl/N-ethyl adjacent to an activating group) is 1. The molecule has 2 aromatic rings. The third kappa shape index (κ3) is 2.91. The average Bonchev–Trinajstić information content (AvgIpc) is 2.98. The van der Waals surface area contributed by atoms with Gasteiger partial charge >= 0.3 is 0 Å². The van der Waals surface area contributed by atoms with E-state index >= 15 is 0 Å². The molecule has 2 aromatic carbocycles. The number of fused-ring (bicyclic) bond motifs is 2. The number of carbonyl (C=O) groups excluding carboxylic acids is 1. The summed E-state index contributed by atoms with van der Waals surface area (Å²) in [4.78, 5) is 20.8. The van der Waals surface area contributed by atoms with Crippen molar-refractivity contribution >= 4 is 23.6 Å². The predicted octanol–water partition coefficient (Wildman–Crippen LogP) is 3.39. The zero-order valence-electron chi connectivity index (χ0n) is 17.2. The van der Waals surface area contributed by atoms with Crippen LogP contribution in [-0.4, -0.2) is 48.9 Å². The van der Waals surface area contributed by atoms with Gasteiger partial charge < -0.3 is 15.2 Å². The molecule has 3 aliphatic rings. The minimum atomic E-state index is -1.07. The second kappa shape index (κ2) is 7.03. The highest BCUT2D eigenvalue weighted by atomic mass is 32.2. The molecule has 0 aromatic heterocycles. The standard InChI is InChI=1S/C23H25N3O3S/c1-26-20(27)23(25-21(26)24)13-22(9-4-10-28-14-22)29-19-8-7-16(12-18(19)23)15-5-3-6-17(11-15)30-2/h3,5-8,11-12H,4,9-10,13-14H2,1-2H3,(H2,24,25). The number of thioether (sulfide) groups is 1. The van der Waals surface area contributed by atoms with Crippen molar-refractivity contribution in [1.29, 1.82) is 0 Å². The van der Waals surface area contributed by atoms with Crippen LogP contribution in [0.3, 0.4) is 0 Å². The van der Waals surface area contributed by atoms with Crippen molar-refractivity contribution < 1.29 is 14.3 Å². The molecule has 0 aliphatic carbocycles. The van der Waals surface area contributed by atoms with E-state index in [4.69, 9.17) is 20.2 Å². The molecule has 30 heavy (non-hydrogen) atoms. The number of aliphatic imine (C=N–C) groups is 1. The highest BCUT2D eigenvalue weighted by Gasteiger charge is 2.58. The number of carbonyl (C=O) groups is 1. The van der Waals surface area contributed by atoms with Crippen LogP contribution in [0, 0.1) is 0 Å². The lowest BCUT2D eigenvalue weighted by Gasteiger charge is -2.46. The largest absolute Gasteiger partial charge is 0.484 e. The molecule has 2 spiro atoms. The van der Waals surface area contributed by atoms with Crippen molar-refractivity contribution in [3.05, 3.63) is 48.0 Å². The summed E-state index contributed by atoms with van der Waals surface area (Å²) in [5.74, 6) is 0.829. The van der Waals surface area contributed by atoms with Crippen molar-refractivity contribution in [2.24, 2.45) is 10.7 Å². The number of nitrogens with two attached hydrogens (primary N) is 1. The molecule has 1 amide bonds. The smallest absolute Gasteiger partial charge is 0.261 e. The van der Waals surface area contributed by atoms with Gasteiger partial charge in [-0.1, -0.05) is 18.2 Å². The van der Waals surface area contributed by atoms with E-state index in [2.05, 4.69) is 24.5 Å². The van der Waals surface area contributed by atoms with Crippen LogP contribution in [0.25, 0.3) is 11.1 Å². The van der Waals surface area contributed by atoms with Crippen LogP contribution < -0.4 is 10.5 Å². The fraction of sp³-hybridized carbons (Fsp3) is 0.391. The first kappa shape index (κ1) is 19.5. The second-order valence-electron chi connectivity index (χ2n) is 8.26. The van der Waals surface area contributed by atoms with Gasteiger partial charge in [-0.25, -0.2) is 4.99 Å². The summed E-state index contributed by atoms with van der Waals surface area (Å²) in [5.41, 5.74) is 7.39. The van der Waals surface area contributed by atoms with Crippen LogP contribution in [-0.2, 0) is 15.1 Å². The summed E-state index contributed by atoms with van der Waals surface area (Å²) in [5, 5.41) is 0. The van der Waals surface area contributed by atoms with Gasteiger partial charge in [-0.05, 0) is 54.5 Å². The van der Waals surface area contributed by atoms with Crippen molar-refractivity contribution in [1.82, 2.24) is 4.90 Å². The zero-order valence-corrected chi connectivity index (χ0v) is 18.0. The van der Waals surface area contributed by atoms with Gasteiger partial charge in [0, 0.05) is 30.5 Å². The van der Waals surface area contributed by atoms with E-state index in [0.717, 1.165) is 36.1 Å². The summed E-state index contributed by atoms with van der Waals surface area (Å²) >= 11 is 1.70. The summed E-state index contributed by atoms with van der Waals surface area (Å²) < 4.78 is 12.2. The lowest BCUT2D eigenvalue weighted by molar-refractivity contribution is -0.139. The predicted molar refractivity (Wildman–Crippen MR) is 118 cm³/mol. The number of hydrogen-bond acceptors (Lipinski definition) is 6. The Morgan fingerprint density at radius 2 is 2.03 bits per heavy atom. The quantitative estimate of drug-likeness (QED) is 0.750. The normalized spacial score (nSPS) is 27.9. The molecule has 156 valence electrons. The molecule has 0 radical (unpaired) electrons. The van der Waals surface area contributed by atoms with Gasteiger partial charge in [0.15, 0.2) is 11.5 Å². The van der Waals surface area contributed by atoms with E-state index in [1.807, 2.05) is 24.3 Å². The number of benzene rings is 2. The summed E-state index contributed by atoms with van der Waals surface area (Å²) in [6.07, 6.45) is 4.22. The highest BCUT2D eigenvalue weighted by molar-refractivity contribution is 7.98. The number of nitrogens with zero attached hydrogens (tertiary/aromatic N) is 2. The molecule has 7 heteroatoms. The van der Waals surface area contributed by atoms with E-state index in [-0.39, 0.29) is 11.9 Å². The first-order valence-corrected chi connectivity index (χ1v) is 11.4. The SMILES string of the molecule is CSc1cccc(-c2ccc3c(c2)C2(CC4(CCCOC4)O3)N=C(N)N(C)C2=O)c1. The van der Waals surface area contributed by atoms with Crippen molar-refractivity contribution in [2.75, 3.05) is 26.5 Å². The van der Waals surface area contributed by atoms with Crippen LogP contribution >= 0.6 is 11.8 Å². The molecule has 2 N–H and O–H groups in total. The van der Waals surface area contributed by atoms with Gasteiger partial charge in [0.2, 0.25) is 0 Å². The Morgan fingerprint density at radius 1 is 1.20 bits per heavy atom. The average molecular weight is 424 g/mol. The molecule has 6 nitrogen and oxygen atoms in total. The molecule has 3 aliphatic heterocycles. The van der Waals surface area contributed by atoms with Crippen LogP contribution in [0.2, 0.25) is 0 Å². The minimum Gasteiger partial charge on any atom is -0.484 e. The van der Waals surface area contributed by atoms with Gasteiger partial charge in [0.1, 0.15) is 11.4 Å². The minimum absolute atomic E-state index is 0.107. The molecule has 2 atom stereocenters. The van der Waals surface area contributed by atoms with Crippen molar-refractivity contribution in [2.45, 2.75) is 35.3 Å². The monoisotopic (exact) mass is 423 g/mol. The van der Waals surface area contributed by atoms with Gasteiger partial charge in [0.05, 0.1) is 6.61 Å². The maximum Gasteiger partial charge on any atom is 0.261 e. The van der Waals surface area contributed by atoms with Crippen LogP contribution in [0.5, 0.6) is 5.75 Å². The Hall–Kier alpha value is -2.51. The molecule has 0 bridgehead atoms. The lowest BCUT2D eigenvalue weighted by Crippen LogP contribution is -2.55. The number of hydrogen-bond donors (Lipinski definition) is 1. The third-order valence-corrected chi connectivity index (χ3v) is 7.05. The summed E-state index contributed by atoms with van der Waals surface area (Å²) in [7, 11) is 1.68. The molecular formula is C23H25N3O3S. The first-order valence-electron chi connectivity index (χ1n) is 10.2. The highest BCUT2D eigenvalue weighted by Crippen LogP contribution is 2.51. The maximum atomic E-state index is 13.5. The third-order valence-electron chi connectivity index (χ3n) is 6.33. The number of guanidine groups is 1. The van der Waals surface area contributed by atoms with E-state index in [9.17, 15) is 4.79 Å². The molecular weight excluding hydrogens is 398 g/mol. The Labute approximate surface area is 180 Å². The second-order valence-corrected chi connectivity index (χ2v) is 9.13. The number of rotatable bonds is 2. The van der Waals surface area contributed by atoms with Crippen LogP contribution in [0.4, 0.5) is 0 Å². The molecule has 3 heterocycles. The molecule has 2 unspecified atom stereocenters. The van der Waals surface area contributed by atoms with Crippen LogP contribution in [0.15, 0.2) is 52.4 Å². The Balaban J connectivity index is 1.67. The molecule has 1 fully saturated rings. The van der Waals surface area contributed by atoms with E-state index in [1.165, 1.54) is 9.80 Å². The van der Waals surface area contributed by atoms with E-state index in [0.29, 0.717) is 18.8 Å². The Kier molecular flexibility index (Phi) is 4.56. The maximum absolute atomic E-state index is 13.5. The fourth-order valence-corrected chi connectivity index (χ4v) is 5.25. The Bertz CT molecular complexity index is 1050. The number of amides is 1. The number of ether oxygens (including phenoxy) is 2. The van der Waals surface area contributed by atoms with Gasteiger partial charge in [-0.3, -0.25) is 9.69 Å². The Morgan fingerprint density at radius 3 is 2.73 bits per heavy atom. The van der Waals surface area contributed by atoms with E-state index < -0.39 is 11.1 Å². The first-order chi connectivity index (χ1) is 14.5. The molecule has 0 saturated carbocycles. The van der Waals surface area contributed by atoms with Gasteiger partial charge in [-0.2, -0.15) is 0 Å². The molecule has 1 saturated heterocycles. The zero-order chi connectivity index (χ0) is 20.9.